The van der Waals surface area contributed by atoms with E-state index >= 15 is 0 Å². The Labute approximate surface area is 119 Å². The van der Waals surface area contributed by atoms with Crippen LogP contribution in [0.15, 0.2) is 18.2 Å². The smallest absolute Gasteiger partial charge is 0.238 e. The third kappa shape index (κ3) is 4.20. The topological polar surface area (TPSA) is 58.4 Å². The van der Waals surface area contributed by atoms with Gasteiger partial charge in [-0.1, -0.05) is 13.3 Å². The zero-order chi connectivity index (χ0) is 14.5. The van der Waals surface area contributed by atoms with Gasteiger partial charge in [0, 0.05) is 6.04 Å². The number of hydrogen-bond acceptors (Lipinski definition) is 3. The van der Waals surface area contributed by atoms with E-state index < -0.39 is 5.82 Å². The molecular weight excluding hydrogens is 257 g/mol. The summed E-state index contributed by atoms with van der Waals surface area (Å²) in [5, 5.41) is 2.69. The van der Waals surface area contributed by atoms with Crippen LogP contribution in [-0.2, 0) is 4.79 Å². The monoisotopic (exact) mass is 279 g/mol. The maximum absolute atomic E-state index is 13.1. The molecule has 1 aliphatic rings. The maximum atomic E-state index is 13.1. The number of nitrogens with zero attached hydrogens (tertiary/aromatic N) is 1. The fourth-order valence-electron chi connectivity index (χ4n) is 2.20. The molecule has 1 aromatic rings. The second-order valence-electron chi connectivity index (χ2n) is 5.33. The van der Waals surface area contributed by atoms with Crippen molar-refractivity contribution in [2.75, 3.05) is 24.1 Å². The van der Waals surface area contributed by atoms with Crippen molar-refractivity contribution in [2.45, 2.75) is 38.6 Å². The first-order valence-electron chi connectivity index (χ1n) is 7.19. The fraction of sp³-hybridized carbons (Fsp3) is 0.533. The van der Waals surface area contributed by atoms with Gasteiger partial charge in [-0.25, -0.2) is 4.39 Å². The number of nitrogen functional groups attached to an aromatic ring is 1. The largest absolute Gasteiger partial charge is 0.397 e. The molecule has 0 heterocycles. The molecule has 2 rings (SSSR count). The normalized spacial score (nSPS) is 14.6. The number of unbranched alkanes of at least 4 members (excludes halogenated alkanes) is 1. The molecule has 1 aromatic carbocycles. The number of carbonyl (C=O) groups excluding carboxylic acids is 1. The van der Waals surface area contributed by atoms with Crippen molar-refractivity contribution in [3.05, 3.63) is 24.0 Å². The second-order valence-corrected chi connectivity index (χ2v) is 5.33. The van der Waals surface area contributed by atoms with Gasteiger partial charge in [0.2, 0.25) is 5.91 Å². The van der Waals surface area contributed by atoms with Crippen LogP contribution in [-0.4, -0.2) is 29.9 Å². The highest BCUT2D eigenvalue weighted by atomic mass is 19.1. The lowest BCUT2D eigenvalue weighted by atomic mass is 10.2. The Morgan fingerprint density at radius 2 is 2.25 bits per heavy atom. The van der Waals surface area contributed by atoms with E-state index in [0.29, 0.717) is 24.0 Å². The predicted octanol–water partition coefficient (Wildman–Crippen LogP) is 2.61. The molecule has 110 valence electrons. The van der Waals surface area contributed by atoms with E-state index in [2.05, 4.69) is 17.1 Å². The summed E-state index contributed by atoms with van der Waals surface area (Å²) >= 11 is 0. The SMILES string of the molecule is CCCCN(CC(=O)Nc1cc(F)ccc1N)C1CC1. The molecule has 0 aromatic heterocycles. The van der Waals surface area contributed by atoms with Crippen molar-refractivity contribution in [3.63, 3.8) is 0 Å². The standard InChI is InChI=1S/C15H22FN3O/c1-2-3-8-19(12-5-6-12)10-15(20)18-14-9-11(16)4-7-13(14)17/h4,7,9,12H,2-3,5-6,8,10,17H2,1H3,(H,18,20). The number of rotatable bonds is 7. The van der Waals surface area contributed by atoms with Gasteiger partial charge in [-0.05, 0) is 44.0 Å². The van der Waals surface area contributed by atoms with Gasteiger partial charge in [-0.2, -0.15) is 0 Å². The van der Waals surface area contributed by atoms with Gasteiger partial charge < -0.3 is 11.1 Å². The first-order chi connectivity index (χ1) is 9.60. The lowest BCUT2D eigenvalue weighted by Crippen LogP contribution is -2.35. The third-order valence-corrected chi connectivity index (χ3v) is 3.50. The molecule has 0 saturated heterocycles. The van der Waals surface area contributed by atoms with Crippen molar-refractivity contribution in [1.29, 1.82) is 0 Å². The van der Waals surface area contributed by atoms with Crippen LogP contribution < -0.4 is 11.1 Å². The Morgan fingerprint density at radius 1 is 1.50 bits per heavy atom. The number of anilines is 2. The second kappa shape index (κ2) is 6.70. The highest BCUT2D eigenvalue weighted by molar-refractivity contribution is 5.95. The van der Waals surface area contributed by atoms with Gasteiger partial charge in [-0.15, -0.1) is 0 Å². The van der Waals surface area contributed by atoms with Crippen LogP contribution >= 0.6 is 0 Å². The first-order valence-corrected chi connectivity index (χ1v) is 7.19. The molecule has 3 N–H and O–H groups in total. The molecule has 0 bridgehead atoms. The minimum Gasteiger partial charge on any atom is -0.397 e. The Bertz CT molecular complexity index is 474. The van der Waals surface area contributed by atoms with Crippen molar-refractivity contribution in [3.8, 4) is 0 Å². The van der Waals surface area contributed by atoms with Crippen LogP contribution in [0.4, 0.5) is 15.8 Å². The number of benzene rings is 1. The van der Waals surface area contributed by atoms with Crippen molar-refractivity contribution >= 4 is 17.3 Å². The third-order valence-electron chi connectivity index (χ3n) is 3.50. The quantitative estimate of drug-likeness (QED) is 0.754. The van der Waals surface area contributed by atoms with Gasteiger partial charge in [0.05, 0.1) is 17.9 Å². The van der Waals surface area contributed by atoms with Crippen LogP contribution in [0.3, 0.4) is 0 Å². The average molecular weight is 279 g/mol. The lowest BCUT2D eigenvalue weighted by molar-refractivity contribution is -0.117. The number of amides is 1. The van der Waals surface area contributed by atoms with E-state index in [9.17, 15) is 9.18 Å². The average Bonchev–Trinajstić information content (AvgIpc) is 3.23. The van der Waals surface area contributed by atoms with Crippen LogP contribution in [0, 0.1) is 5.82 Å². The summed E-state index contributed by atoms with van der Waals surface area (Å²) in [6.45, 7) is 3.42. The fourth-order valence-corrected chi connectivity index (χ4v) is 2.20. The molecule has 0 unspecified atom stereocenters. The van der Waals surface area contributed by atoms with Crippen LogP contribution in [0.2, 0.25) is 0 Å². The summed E-state index contributed by atoms with van der Waals surface area (Å²) in [6.07, 6.45) is 4.53. The zero-order valence-electron chi connectivity index (χ0n) is 11.9. The van der Waals surface area contributed by atoms with E-state index in [4.69, 9.17) is 5.73 Å². The van der Waals surface area contributed by atoms with E-state index in [1.807, 2.05) is 0 Å². The maximum Gasteiger partial charge on any atom is 0.238 e. The van der Waals surface area contributed by atoms with Gasteiger partial charge in [-0.3, -0.25) is 9.69 Å². The summed E-state index contributed by atoms with van der Waals surface area (Å²) in [7, 11) is 0. The molecular formula is C15H22FN3O. The van der Waals surface area contributed by atoms with Gasteiger partial charge in [0.1, 0.15) is 5.82 Å². The van der Waals surface area contributed by atoms with Crippen LogP contribution in [0.1, 0.15) is 32.6 Å². The zero-order valence-corrected chi connectivity index (χ0v) is 11.9. The van der Waals surface area contributed by atoms with Crippen molar-refractivity contribution < 1.29 is 9.18 Å². The van der Waals surface area contributed by atoms with Gasteiger partial charge in [0.15, 0.2) is 0 Å². The Kier molecular flexibility index (Phi) is 4.95. The van der Waals surface area contributed by atoms with E-state index in [1.165, 1.54) is 31.0 Å². The first kappa shape index (κ1) is 14.8. The molecule has 1 saturated carbocycles. The summed E-state index contributed by atoms with van der Waals surface area (Å²) in [4.78, 5) is 14.3. The Balaban J connectivity index is 1.91. The minimum absolute atomic E-state index is 0.134. The summed E-state index contributed by atoms with van der Waals surface area (Å²) in [5.41, 5.74) is 6.46. The molecule has 0 aliphatic heterocycles. The van der Waals surface area contributed by atoms with Gasteiger partial charge >= 0.3 is 0 Å². The molecule has 0 spiro atoms. The number of carbonyl (C=O) groups is 1. The molecule has 4 nitrogen and oxygen atoms in total. The van der Waals surface area contributed by atoms with Crippen molar-refractivity contribution in [1.82, 2.24) is 4.90 Å². The molecule has 1 aliphatic carbocycles. The minimum atomic E-state index is -0.403. The molecule has 20 heavy (non-hydrogen) atoms. The summed E-state index contributed by atoms with van der Waals surface area (Å²) in [6, 6.07) is 4.53. The molecule has 0 radical (unpaired) electrons. The van der Waals surface area contributed by atoms with E-state index in [1.54, 1.807) is 0 Å². The molecule has 0 atom stereocenters. The Morgan fingerprint density at radius 3 is 2.90 bits per heavy atom. The highest BCUT2D eigenvalue weighted by Crippen LogP contribution is 2.27. The van der Waals surface area contributed by atoms with Crippen LogP contribution in [0.5, 0.6) is 0 Å². The van der Waals surface area contributed by atoms with Gasteiger partial charge in [0.25, 0.3) is 0 Å². The lowest BCUT2D eigenvalue weighted by Gasteiger charge is -2.21. The summed E-state index contributed by atoms with van der Waals surface area (Å²) < 4.78 is 13.1. The number of hydrogen-bond donors (Lipinski definition) is 2. The number of nitrogens with two attached hydrogens (primary N) is 1. The Hall–Kier alpha value is -1.62. The molecule has 1 amide bonds. The van der Waals surface area contributed by atoms with Crippen molar-refractivity contribution in [2.24, 2.45) is 0 Å². The van der Waals surface area contributed by atoms with E-state index in [-0.39, 0.29) is 5.91 Å². The highest BCUT2D eigenvalue weighted by Gasteiger charge is 2.29. The van der Waals surface area contributed by atoms with Crippen LogP contribution in [0.25, 0.3) is 0 Å². The number of nitrogens with one attached hydrogen (secondary N) is 1. The van der Waals surface area contributed by atoms with E-state index in [0.717, 1.165) is 19.4 Å². The number of halogens is 1. The molecule has 5 heteroatoms. The molecule has 1 fully saturated rings. The predicted molar refractivity (Wildman–Crippen MR) is 78.9 cm³/mol. The summed E-state index contributed by atoms with van der Waals surface area (Å²) in [5.74, 6) is -0.537.